The van der Waals surface area contributed by atoms with E-state index in [9.17, 15) is 13.2 Å². The Bertz CT molecular complexity index is 299. The van der Waals surface area contributed by atoms with Crippen molar-refractivity contribution in [3.8, 4) is 0 Å². The van der Waals surface area contributed by atoms with Gasteiger partial charge in [0.25, 0.3) is 5.44 Å². The van der Waals surface area contributed by atoms with Crippen LogP contribution in [0.1, 0.15) is 0 Å². The highest BCUT2D eigenvalue weighted by Crippen LogP contribution is 2.17. The highest BCUT2D eigenvalue weighted by molar-refractivity contribution is 7.86. The van der Waals surface area contributed by atoms with Crippen LogP contribution in [0.3, 0.4) is 0 Å². The van der Waals surface area contributed by atoms with E-state index in [1.54, 1.807) is 0 Å². The van der Waals surface area contributed by atoms with Gasteiger partial charge in [-0.2, -0.15) is 8.42 Å². The number of cyclic esters (lactones) is 1. The molecule has 12 heavy (non-hydrogen) atoms. The first-order valence-corrected chi connectivity index (χ1v) is 4.49. The van der Waals surface area contributed by atoms with Crippen LogP contribution in [0.4, 0.5) is 4.79 Å². The number of amides is 1. The van der Waals surface area contributed by atoms with E-state index >= 15 is 0 Å². The number of rotatable bonds is 1. The van der Waals surface area contributed by atoms with Gasteiger partial charge < -0.3 is 10.5 Å². The van der Waals surface area contributed by atoms with Gasteiger partial charge in [0.2, 0.25) is 0 Å². The van der Waals surface area contributed by atoms with E-state index in [1.807, 2.05) is 0 Å². The Hall–Kier alpha value is -0.860. The van der Waals surface area contributed by atoms with E-state index in [-0.39, 0.29) is 0 Å². The monoisotopic (exact) mass is 196 g/mol. The van der Waals surface area contributed by atoms with E-state index in [1.165, 1.54) is 7.05 Å². The molecule has 1 heterocycles. The molecule has 8 heteroatoms. The molecule has 1 amide bonds. The molecular weight excluding hydrogens is 188 g/mol. The summed E-state index contributed by atoms with van der Waals surface area (Å²) in [7, 11) is -3.15. The van der Waals surface area contributed by atoms with Crippen molar-refractivity contribution in [2.75, 3.05) is 7.05 Å². The Balaban J connectivity index is 2.93. The first kappa shape index (κ1) is 9.23. The van der Waals surface area contributed by atoms with Crippen molar-refractivity contribution in [2.24, 2.45) is 5.73 Å². The summed E-state index contributed by atoms with van der Waals surface area (Å²) >= 11 is 0. The molecule has 2 atom stereocenters. The Morgan fingerprint density at radius 2 is 2.17 bits per heavy atom. The third-order valence-corrected chi connectivity index (χ3v) is 2.49. The molecule has 3 N–H and O–H groups in total. The molecule has 7 nitrogen and oxygen atoms in total. The highest BCUT2D eigenvalue weighted by atomic mass is 32.2. The van der Waals surface area contributed by atoms with E-state index in [2.05, 4.69) is 4.74 Å². The SMILES string of the molecule is CN1C(=O)OC(S(=O)(=O)O)C1N. The average Bonchev–Trinajstić information content (AvgIpc) is 2.15. The molecule has 1 rings (SSSR count). The summed E-state index contributed by atoms with van der Waals surface area (Å²) in [6.45, 7) is 0. The van der Waals surface area contributed by atoms with Gasteiger partial charge in [0.1, 0.15) is 6.17 Å². The minimum atomic E-state index is -4.43. The molecule has 0 bridgehead atoms. The van der Waals surface area contributed by atoms with Gasteiger partial charge in [-0.3, -0.25) is 9.45 Å². The number of hydrogen-bond donors (Lipinski definition) is 2. The molecule has 0 saturated carbocycles. The first-order chi connectivity index (χ1) is 5.34. The van der Waals surface area contributed by atoms with Gasteiger partial charge in [-0.15, -0.1) is 0 Å². The number of nitrogens with zero attached hydrogens (tertiary/aromatic N) is 1. The standard InChI is InChI=1S/C4H8N2O5S/c1-6-2(5)3(11-4(6)7)12(8,9)10/h2-3H,5H2,1H3,(H,8,9,10). The molecule has 0 radical (unpaired) electrons. The van der Waals surface area contributed by atoms with Gasteiger partial charge in [-0.25, -0.2) is 4.79 Å². The second kappa shape index (κ2) is 2.57. The summed E-state index contributed by atoms with van der Waals surface area (Å²) in [6.07, 6.45) is -2.03. The summed E-state index contributed by atoms with van der Waals surface area (Å²) < 4.78 is 33.8. The average molecular weight is 196 g/mol. The van der Waals surface area contributed by atoms with Crippen molar-refractivity contribution in [3.63, 3.8) is 0 Å². The topological polar surface area (TPSA) is 110 Å². The minimum absolute atomic E-state index is 0.870. The van der Waals surface area contributed by atoms with Gasteiger partial charge in [0, 0.05) is 7.05 Å². The number of carbonyl (C=O) groups excluding carboxylic acids is 1. The van der Waals surface area contributed by atoms with Crippen LogP contribution in [0.5, 0.6) is 0 Å². The fraction of sp³-hybridized carbons (Fsp3) is 0.750. The van der Waals surface area contributed by atoms with Crippen LogP contribution < -0.4 is 5.73 Å². The van der Waals surface area contributed by atoms with Crippen molar-refractivity contribution >= 4 is 16.2 Å². The zero-order valence-electron chi connectivity index (χ0n) is 6.17. The maximum Gasteiger partial charge on any atom is 0.412 e. The van der Waals surface area contributed by atoms with Crippen LogP contribution in [0.15, 0.2) is 0 Å². The Morgan fingerprint density at radius 3 is 2.33 bits per heavy atom. The summed E-state index contributed by atoms with van der Waals surface area (Å²) in [4.78, 5) is 11.6. The quantitative estimate of drug-likeness (QED) is 0.497. The molecule has 0 spiro atoms. The second-order valence-electron chi connectivity index (χ2n) is 2.37. The lowest BCUT2D eigenvalue weighted by atomic mass is 10.5. The third kappa shape index (κ3) is 1.36. The number of likely N-dealkylation sites (N-methyl/N-ethyl adjacent to an activating group) is 1. The third-order valence-electron chi connectivity index (χ3n) is 1.52. The maximum atomic E-state index is 10.7. The van der Waals surface area contributed by atoms with Gasteiger partial charge in [-0.05, 0) is 0 Å². The van der Waals surface area contributed by atoms with Crippen LogP contribution in [-0.2, 0) is 14.9 Å². The molecule has 2 unspecified atom stereocenters. The van der Waals surface area contributed by atoms with Gasteiger partial charge in [0.15, 0.2) is 0 Å². The van der Waals surface area contributed by atoms with E-state index in [0.717, 1.165) is 4.90 Å². The molecule has 0 aliphatic carbocycles. The Kier molecular flexibility index (Phi) is 1.98. The minimum Gasteiger partial charge on any atom is -0.423 e. The van der Waals surface area contributed by atoms with Crippen LogP contribution in [0, 0.1) is 0 Å². The van der Waals surface area contributed by atoms with Crippen LogP contribution in [0.25, 0.3) is 0 Å². The lowest BCUT2D eigenvalue weighted by molar-refractivity contribution is 0.152. The number of nitrogens with two attached hydrogens (primary N) is 1. The van der Waals surface area contributed by atoms with Crippen LogP contribution in [0.2, 0.25) is 0 Å². The number of carbonyl (C=O) groups is 1. The fourth-order valence-corrected chi connectivity index (χ4v) is 1.53. The van der Waals surface area contributed by atoms with Crippen LogP contribution >= 0.6 is 0 Å². The molecule has 1 aliphatic heterocycles. The van der Waals surface area contributed by atoms with Crippen molar-refractivity contribution in [2.45, 2.75) is 11.6 Å². The summed E-state index contributed by atoms with van der Waals surface area (Å²) in [5.74, 6) is 0. The number of hydrogen-bond acceptors (Lipinski definition) is 5. The van der Waals surface area contributed by atoms with E-state index in [0.29, 0.717) is 0 Å². The van der Waals surface area contributed by atoms with Crippen molar-refractivity contribution < 1.29 is 22.5 Å². The second-order valence-corrected chi connectivity index (χ2v) is 3.86. The van der Waals surface area contributed by atoms with Gasteiger partial charge >= 0.3 is 16.2 Å². The predicted octanol–water partition coefficient (Wildman–Crippen LogP) is -1.43. The Morgan fingerprint density at radius 1 is 1.67 bits per heavy atom. The molecule has 0 aromatic rings. The lowest BCUT2D eigenvalue weighted by Gasteiger charge is -2.13. The van der Waals surface area contributed by atoms with Crippen molar-refractivity contribution in [1.29, 1.82) is 0 Å². The molecule has 1 fully saturated rings. The van der Waals surface area contributed by atoms with E-state index < -0.39 is 27.8 Å². The molecule has 0 aromatic heterocycles. The maximum absolute atomic E-state index is 10.7. The largest absolute Gasteiger partial charge is 0.423 e. The van der Waals surface area contributed by atoms with Gasteiger partial charge in [-0.1, -0.05) is 0 Å². The molecule has 1 saturated heterocycles. The molecule has 1 aliphatic rings. The van der Waals surface area contributed by atoms with Gasteiger partial charge in [0.05, 0.1) is 0 Å². The molecule has 0 aromatic carbocycles. The van der Waals surface area contributed by atoms with Crippen molar-refractivity contribution in [1.82, 2.24) is 4.90 Å². The summed E-state index contributed by atoms with van der Waals surface area (Å²) in [6, 6.07) is 0. The lowest BCUT2D eigenvalue weighted by Crippen LogP contribution is -2.44. The predicted molar refractivity (Wildman–Crippen MR) is 37.6 cm³/mol. The molecule has 70 valence electrons. The zero-order chi connectivity index (χ0) is 9.52. The zero-order valence-corrected chi connectivity index (χ0v) is 6.98. The summed E-state index contributed by atoms with van der Waals surface area (Å²) in [5.41, 5.74) is 3.55. The number of ether oxygens (including phenoxy) is 1. The summed E-state index contributed by atoms with van der Waals surface area (Å²) in [5, 5.41) is 0. The van der Waals surface area contributed by atoms with Crippen LogP contribution in [-0.4, -0.2) is 42.6 Å². The highest BCUT2D eigenvalue weighted by Gasteiger charge is 2.44. The smallest absolute Gasteiger partial charge is 0.412 e. The normalized spacial score (nSPS) is 30.6. The van der Waals surface area contributed by atoms with E-state index in [4.69, 9.17) is 10.3 Å². The first-order valence-electron chi connectivity index (χ1n) is 2.99. The fourth-order valence-electron chi connectivity index (χ4n) is 0.793. The molecular formula is C4H8N2O5S. The Labute approximate surface area is 68.8 Å². The van der Waals surface area contributed by atoms with Crippen molar-refractivity contribution in [3.05, 3.63) is 0 Å².